The van der Waals surface area contributed by atoms with Crippen molar-refractivity contribution in [1.29, 1.82) is 0 Å². The van der Waals surface area contributed by atoms with Gasteiger partial charge in [0.1, 0.15) is 11.3 Å². The molecule has 2 aromatic carbocycles. The van der Waals surface area contributed by atoms with Crippen molar-refractivity contribution in [2.75, 3.05) is 6.26 Å². The van der Waals surface area contributed by atoms with E-state index >= 15 is 0 Å². The molecule has 4 aromatic rings. The van der Waals surface area contributed by atoms with Gasteiger partial charge in [-0.3, -0.25) is 0 Å². The summed E-state index contributed by atoms with van der Waals surface area (Å²) in [5.41, 5.74) is 5.94. The summed E-state index contributed by atoms with van der Waals surface area (Å²) in [6.45, 7) is 3.37. The number of hydrogen-bond acceptors (Lipinski definition) is 5. The van der Waals surface area contributed by atoms with Crippen molar-refractivity contribution in [3.63, 3.8) is 0 Å². The van der Waals surface area contributed by atoms with Crippen LogP contribution in [0.3, 0.4) is 0 Å². The molecule has 0 saturated carbocycles. The monoisotopic (exact) mass is 437 g/mol. The van der Waals surface area contributed by atoms with E-state index in [2.05, 4.69) is 15.2 Å². The Morgan fingerprint density at radius 3 is 2.55 bits per heavy atom. The molecule has 31 heavy (non-hydrogen) atoms. The standard InChI is InChI=1S/C22H20FN5O2S/c1-3-27-13-24-21-19(10-25-26-22(21)27)15-6-7-20(23)18(9-15)14-4-5-16-11-28(31(2,29)30)12-17(16)8-14/h4-10,13H,3,11-12H2,1-2H3. The van der Waals surface area contributed by atoms with Gasteiger partial charge in [-0.05, 0) is 47.4 Å². The third kappa shape index (κ3) is 3.39. The van der Waals surface area contributed by atoms with Gasteiger partial charge < -0.3 is 4.57 Å². The fraction of sp³-hybridized carbons (Fsp3) is 0.227. The lowest BCUT2D eigenvalue weighted by Crippen LogP contribution is -2.23. The zero-order valence-corrected chi connectivity index (χ0v) is 17.9. The van der Waals surface area contributed by atoms with Crippen LogP contribution < -0.4 is 0 Å². The van der Waals surface area contributed by atoms with Gasteiger partial charge in [0.2, 0.25) is 10.0 Å². The van der Waals surface area contributed by atoms with Gasteiger partial charge in [0.25, 0.3) is 0 Å². The van der Waals surface area contributed by atoms with Crippen LogP contribution in [-0.4, -0.2) is 38.7 Å². The zero-order valence-electron chi connectivity index (χ0n) is 17.1. The molecule has 3 heterocycles. The number of fused-ring (bicyclic) bond motifs is 2. The predicted octanol–water partition coefficient (Wildman–Crippen LogP) is 3.59. The first-order valence-corrected chi connectivity index (χ1v) is 11.7. The number of rotatable bonds is 4. The molecule has 0 atom stereocenters. The van der Waals surface area contributed by atoms with Crippen LogP contribution in [0.5, 0.6) is 0 Å². The summed E-state index contributed by atoms with van der Waals surface area (Å²) < 4.78 is 41.9. The minimum atomic E-state index is -3.28. The lowest BCUT2D eigenvalue weighted by atomic mass is 9.96. The smallest absolute Gasteiger partial charge is 0.211 e. The number of halogens is 1. The lowest BCUT2D eigenvalue weighted by Gasteiger charge is -2.10. The normalized spacial score (nSPS) is 14.3. The van der Waals surface area contributed by atoms with Crippen LogP contribution >= 0.6 is 0 Å². The number of benzene rings is 2. The molecular weight excluding hydrogens is 417 g/mol. The molecule has 0 fully saturated rings. The molecule has 0 bridgehead atoms. The molecule has 2 aromatic heterocycles. The van der Waals surface area contributed by atoms with Gasteiger partial charge in [-0.1, -0.05) is 18.2 Å². The van der Waals surface area contributed by atoms with E-state index in [4.69, 9.17) is 0 Å². The van der Waals surface area contributed by atoms with Crippen LogP contribution in [0.1, 0.15) is 18.1 Å². The molecule has 0 amide bonds. The van der Waals surface area contributed by atoms with Crippen LogP contribution in [0.15, 0.2) is 48.9 Å². The second-order valence-electron chi connectivity index (χ2n) is 7.67. The van der Waals surface area contributed by atoms with Crippen molar-refractivity contribution < 1.29 is 12.8 Å². The second-order valence-corrected chi connectivity index (χ2v) is 9.65. The van der Waals surface area contributed by atoms with Crippen LogP contribution in [0.4, 0.5) is 4.39 Å². The van der Waals surface area contributed by atoms with E-state index < -0.39 is 10.0 Å². The molecule has 1 aliphatic heterocycles. The molecule has 0 aliphatic carbocycles. The fourth-order valence-electron chi connectivity index (χ4n) is 4.00. The SMILES string of the molecule is CCn1cnc2c(-c3ccc(F)c(-c4ccc5c(c4)CN(S(C)(=O)=O)C5)c3)cnnc21. The lowest BCUT2D eigenvalue weighted by molar-refractivity contribution is 0.436. The molecule has 0 N–H and O–H groups in total. The average Bonchev–Trinajstić information content (AvgIpc) is 3.37. The first-order chi connectivity index (χ1) is 14.8. The minimum Gasteiger partial charge on any atom is -0.314 e. The van der Waals surface area contributed by atoms with Crippen molar-refractivity contribution in [2.24, 2.45) is 0 Å². The van der Waals surface area contributed by atoms with Gasteiger partial charge in [-0.2, -0.15) is 9.40 Å². The van der Waals surface area contributed by atoms with Gasteiger partial charge in [0.15, 0.2) is 5.65 Å². The van der Waals surface area contributed by atoms with E-state index in [1.807, 2.05) is 29.7 Å². The number of hydrogen-bond donors (Lipinski definition) is 0. The quantitative estimate of drug-likeness (QED) is 0.487. The summed E-state index contributed by atoms with van der Waals surface area (Å²) in [6.07, 6.45) is 4.56. The van der Waals surface area contributed by atoms with E-state index in [1.165, 1.54) is 16.6 Å². The Morgan fingerprint density at radius 2 is 1.77 bits per heavy atom. The maximum atomic E-state index is 14.8. The molecular formula is C22H20FN5O2S. The van der Waals surface area contributed by atoms with Crippen molar-refractivity contribution in [3.8, 4) is 22.3 Å². The van der Waals surface area contributed by atoms with Crippen molar-refractivity contribution in [3.05, 3.63) is 65.9 Å². The summed E-state index contributed by atoms with van der Waals surface area (Å²) in [7, 11) is -3.28. The molecule has 0 radical (unpaired) electrons. The van der Waals surface area contributed by atoms with E-state index in [1.54, 1.807) is 24.7 Å². The highest BCUT2D eigenvalue weighted by molar-refractivity contribution is 7.88. The van der Waals surface area contributed by atoms with Gasteiger partial charge in [0.05, 0.1) is 18.8 Å². The van der Waals surface area contributed by atoms with E-state index in [-0.39, 0.29) is 5.82 Å². The van der Waals surface area contributed by atoms with Crippen LogP contribution in [0, 0.1) is 5.82 Å². The van der Waals surface area contributed by atoms with Crippen LogP contribution in [0.25, 0.3) is 33.4 Å². The topological polar surface area (TPSA) is 81.0 Å². The van der Waals surface area contributed by atoms with Gasteiger partial charge in [-0.25, -0.2) is 17.8 Å². The number of sulfonamides is 1. The van der Waals surface area contributed by atoms with Crippen molar-refractivity contribution in [1.82, 2.24) is 24.1 Å². The number of imidazole rings is 1. The molecule has 158 valence electrons. The average molecular weight is 438 g/mol. The highest BCUT2D eigenvalue weighted by atomic mass is 32.2. The van der Waals surface area contributed by atoms with Gasteiger partial charge in [0, 0.05) is 30.8 Å². The van der Waals surface area contributed by atoms with E-state index in [0.29, 0.717) is 35.4 Å². The maximum Gasteiger partial charge on any atom is 0.211 e. The summed E-state index contributed by atoms with van der Waals surface area (Å²) in [4.78, 5) is 4.47. The summed E-state index contributed by atoms with van der Waals surface area (Å²) in [5, 5.41) is 8.29. The molecule has 9 heteroatoms. The van der Waals surface area contributed by atoms with Gasteiger partial charge in [-0.15, -0.1) is 5.10 Å². The summed E-state index contributed by atoms with van der Waals surface area (Å²) >= 11 is 0. The predicted molar refractivity (Wildman–Crippen MR) is 116 cm³/mol. The third-order valence-electron chi connectivity index (χ3n) is 5.70. The first kappa shape index (κ1) is 19.8. The molecule has 0 spiro atoms. The van der Waals surface area contributed by atoms with E-state index in [0.717, 1.165) is 28.8 Å². The van der Waals surface area contributed by atoms with Crippen molar-refractivity contribution >= 4 is 21.2 Å². The molecule has 1 aliphatic rings. The second kappa shape index (κ2) is 7.21. The zero-order chi connectivity index (χ0) is 21.8. The first-order valence-electron chi connectivity index (χ1n) is 9.89. The highest BCUT2D eigenvalue weighted by Crippen LogP contribution is 2.34. The minimum absolute atomic E-state index is 0.298. The molecule has 5 rings (SSSR count). The molecule has 0 saturated heterocycles. The van der Waals surface area contributed by atoms with Crippen LogP contribution in [-0.2, 0) is 29.7 Å². The van der Waals surface area contributed by atoms with Crippen LogP contribution in [0.2, 0.25) is 0 Å². The molecule has 7 nitrogen and oxygen atoms in total. The number of aromatic nitrogens is 4. The largest absolute Gasteiger partial charge is 0.314 e. The Hall–Kier alpha value is -3.17. The fourth-order valence-corrected chi connectivity index (χ4v) is 4.74. The Bertz CT molecular complexity index is 1430. The third-order valence-corrected chi connectivity index (χ3v) is 6.90. The Kier molecular flexibility index (Phi) is 4.60. The Morgan fingerprint density at radius 1 is 1.03 bits per heavy atom. The van der Waals surface area contributed by atoms with E-state index in [9.17, 15) is 12.8 Å². The van der Waals surface area contributed by atoms with Crippen molar-refractivity contribution in [2.45, 2.75) is 26.6 Å². The summed E-state index contributed by atoms with van der Waals surface area (Å²) in [6, 6.07) is 10.5. The highest BCUT2D eigenvalue weighted by Gasteiger charge is 2.26. The Labute approximate surface area is 179 Å². The number of nitrogens with zero attached hydrogens (tertiary/aromatic N) is 5. The number of aryl methyl sites for hydroxylation is 1. The molecule has 0 unspecified atom stereocenters. The van der Waals surface area contributed by atoms with Gasteiger partial charge >= 0.3 is 0 Å². The maximum absolute atomic E-state index is 14.8. The summed E-state index contributed by atoms with van der Waals surface area (Å²) in [5.74, 6) is -0.348. The Balaban J connectivity index is 1.58.